The minimum absolute atomic E-state index is 0.264. The van der Waals surface area contributed by atoms with Gasteiger partial charge in [0.25, 0.3) is 5.91 Å². The van der Waals surface area contributed by atoms with Gasteiger partial charge >= 0.3 is 5.97 Å². The molecule has 25 heavy (non-hydrogen) atoms. The molecule has 1 aliphatic heterocycles. The summed E-state index contributed by atoms with van der Waals surface area (Å²) in [5.74, 6) is -1.46. The highest BCUT2D eigenvalue weighted by Gasteiger charge is 2.33. The second-order valence-electron chi connectivity index (χ2n) is 5.53. The lowest BCUT2D eigenvalue weighted by molar-refractivity contribution is -0.140. The van der Waals surface area contributed by atoms with E-state index in [0.29, 0.717) is 4.91 Å². The van der Waals surface area contributed by atoms with Crippen LogP contribution in [-0.2, 0) is 9.59 Å². The maximum Gasteiger partial charge on any atom is 0.323 e. The number of carboxylic acids is 1. The van der Waals surface area contributed by atoms with E-state index < -0.39 is 12.5 Å². The van der Waals surface area contributed by atoms with Gasteiger partial charge in [0, 0.05) is 17.6 Å². The molecule has 0 aliphatic carbocycles. The van der Waals surface area contributed by atoms with Crippen LogP contribution < -0.4 is 0 Å². The number of hydrogen-bond donors (Lipinski definition) is 1. The number of nitrogens with zero attached hydrogens (tertiary/aromatic N) is 3. The van der Waals surface area contributed by atoms with E-state index in [0.717, 1.165) is 39.3 Å². The molecule has 2 aromatic heterocycles. The zero-order valence-electron chi connectivity index (χ0n) is 13.6. The number of rotatable bonds is 4. The van der Waals surface area contributed by atoms with Crippen molar-refractivity contribution in [3.8, 4) is 5.69 Å². The number of aryl methyl sites for hydroxylation is 1. The number of aromatic nitrogens is 2. The maximum atomic E-state index is 12.4. The van der Waals surface area contributed by atoms with Crippen molar-refractivity contribution in [1.29, 1.82) is 0 Å². The van der Waals surface area contributed by atoms with Crippen molar-refractivity contribution < 1.29 is 14.7 Å². The lowest BCUT2D eigenvalue weighted by Crippen LogP contribution is -2.33. The van der Waals surface area contributed by atoms with E-state index in [1.54, 1.807) is 18.5 Å². The molecule has 0 aromatic carbocycles. The molecule has 1 aliphatic rings. The Bertz CT molecular complexity index is 903. The molecular weight excluding hydrogens is 358 g/mol. The number of hydrogen-bond acceptors (Lipinski definition) is 5. The van der Waals surface area contributed by atoms with E-state index in [4.69, 9.17) is 17.3 Å². The Morgan fingerprint density at radius 2 is 2.20 bits per heavy atom. The molecule has 6 nitrogen and oxygen atoms in total. The van der Waals surface area contributed by atoms with Crippen LogP contribution in [0.1, 0.15) is 17.0 Å². The summed E-state index contributed by atoms with van der Waals surface area (Å²) < 4.78 is 2.32. The molecule has 0 spiro atoms. The molecule has 1 saturated heterocycles. The molecule has 3 rings (SSSR count). The Morgan fingerprint density at radius 1 is 1.44 bits per heavy atom. The summed E-state index contributed by atoms with van der Waals surface area (Å²) in [4.78, 5) is 29.0. The number of carbonyl (C=O) groups is 2. The summed E-state index contributed by atoms with van der Waals surface area (Å²) in [6.07, 6.45) is 5.25. The lowest BCUT2D eigenvalue weighted by atomic mass is 10.2. The van der Waals surface area contributed by atoms with Crippen LogP contribution >= 0.6 is 24.0 Å². The summed E-state index contributed by atoms with van der Waals surface area (Å²) >= 11 is 6.24. The zero-order valence-corrected chi connectivity index (χ0v) is 15.2. The van der Waals surface area contributed by atoms with Gasteiger partial charge in [-0.25, -0.2) is 0 Å². The molecule has 0 atom stereocenters. The van der Waals surface area contributed by atoms with E-state index in [2.05, 4.69) is 9.55 Å². The number of aliphatic carboxylic acids is 1. The largest absolute Gasteiger partial charge is 0.480 e. The van der Waals surface area contributed by atoms with Crippen LogP contribution in [0.15, 0.2) is 35.5 Å². The monoisotopic (exact) mass is 373 g/mol. The van der Waals surface area contributed by atoms with Crippen molar-refractivity contribution in [1.82, 2.24) is 14.5 Å². The number of thioether (sulfide) groups is 1. The quantitative estimate of drug-likeness (QED) is 0.656. The zero-order chi connectivity index (χ0) is 18.1. The molecule has 8 heteroatoms. The summed E-state index contributed by atoms with van der Waals surface area (Å²) in [6, 6.07) is 5.81. The Morgan fingerprint density at radius 3 is 2.84 bits per heavy atom. The molecule has 3 heterocycles. The van der Waals surface area contributed by atoms with Gasteiger partial charge in [-0.15, -0.1) is 0 Å². The topological polar surface area (TPSA) is 75.4 Å². The van der Waals surface area contributed by atoms with Crippen LogP contribution in [0.4, 0.5) is 0 Å². The molecule has 2 aromatic rings. The second-order valence-corrected chi connectivity index (χ2v) is 7.21. The number of carbonyl (C=O) groups excluding carboxylic acids is 1. The van der Waals surface area contributed by atoms with Crippen LogP contribution in [0.25, 0.3) is 11.8 Å². The minimum Gasteiger partial charge on any atom is -0.480 e. The molecule has 0 unspecified atom stereocenters. The van der Waals surface area contributed by atoms with Crippen LogP contribution in [0, 0.1) is 13.8 Å². The first-order chi connectivity index (χ1) is 11.9. The summed E-state index contributed by atoms with van der Waals surface area (Å²) in [5, 5.41) is 8.90. The minimum atomic E-state index is -1.09. The standard InChI is InChI=1S/C17H15N3O3S2/c1-10-6-12(11(2)20(10)13-4-3-5-18-8-13)7-14-16(23)19(9-15(21)22)17(24)25-14/h3-8H,9H2,1-2H3,(H,21,22). The van der Waals surface area contributed by atoms with Crippen molar-refractivity contribution in [2.75, 3.05) is 6.54 Å². The van der Waals surface area contributed by atoms with Gasteiger partial charge < -0.3 is 9.67 Å². The lowest BCUT2D eigenvalue weighted by Gasteiger charge is -2.10. The third-order valence-corrected chi connectivity index (χ3v) is 5.21. The average molecular weight is 373 g/mol. The van der Waals surface area contributed by atoms with Crippen LogP contribution in [0.5, 0.6) is 0 Å². The van der Waals surface area contributed by atoms with Crippen molar-refractivity contribution in [3.05, 3.63) is 52.4 Å². The van der Waals surface area contributed by atoms with E-state index in [1.807, 2.05) is 32.0 Å². The highest BCUT2D eigenvalue weighted by molar-refractivity contribution is 8.26. The average Bonchev–Trinajstić information content (AvgIpc) is 2.99. The number of thiocarbonyl (C=S) groups is 1. The SMILES string of the molecule is Cc1cc(C=C2SC(=S)N(CC(=O)O)C2=O)c(C)n1-c1cccnc1. The first-order valence-electron chi connectivity index (χ1n) is 7.45. The van der Waals surface area contributed by atoms with Crippen molar-refractivity contribution >= 4 is 46.3 Å². The molecule has 128 valence electrons. The summed E-state index contributed by atoms with van der Waals surface area (Å²) in [6.45, 7) is 3.52. The number of amides is 1. The van der Waals surface area contributed by atoms with Crippen LogP contribution in [-0.4, -0.2) is 42.3 Å². The summed E-state index contributed by atoms with van der Waals surface area (Å²) in [5.41, 5.74) is 3.81. The van der Waals surface area contributed by atoms with Crippen LogP contribution in [0.2, 0.25) is 0 Å². The first kappa shape index (κ1) is 17.4. The van der Waals surface area contributed by atoms with Gasteiger partial charge in [0.05, 0.1) is 16.8 Å². The molecule has 0 saturated carbocycles. The third-order valence-electron chi connectivity index (χ3n) is 3.83. The Balaban J connectivity index is 1.97. The fourth-order valence-electron chi connectivity index (χ4n) is 2.73. The second kappa shape index (κ2) is 6.81. The number of carboxylic acid groups (broad SMARTS) is 1. The highest BCUT2D eigenvalue weighted by atomic mass is 32.2. The van der Waals surface area contributed by atoms with E-state index in [9.17, 15) is 9.59 Å². The molecule has 1 amide bonds. The predicted molar refractivity (Wildman–Crippen MR) is 101 cm³/mol. The van der Waals surface area contributed by atoms with E-state index >= 15 is 0 Å². The Labute approximate surface area is 154 Å². The van der Waals surface area contributed by atoms with Crippen molar-refractivity contribution in [2.24, 2.45) is 0 Å². The first-order valence-corrected chi connectivity index (χ1v) is 8.67. The van der Waals surface area contributed by atoms with E-state index in [-0.39, 0.29) is 10.2 Å². The van der Waals surface area contributed by atoms with Crippen LogP contribution in [0.3, 0.4) is 0 Å². The Hall–Kier alpha value is -2.45. The maximum absolute atomic E-state index is 12.4. The predicted octanol–water partition coefficient (Wildman–Crippen LogP) is 2.77. The molecule has 1 N–H and O–H groups in total. The van der Waals surface area contributed by atoms with Crippen molar-refractivity contribution in [3.63, 3.8) is 0 Å². The fourth-order valence-corrected chi connectivity index (χ4v) is 3.98. The van der Waals surface area contributed by atoms with Crippen molar-refractivity contribution in [2.45, 2.75) is 13.8 Å². The van der Waals surface area contributed by atoms with Gasteiger partial charge in [0.1, 0.15) is 10.9 Å². The van der Waals surface area contributed by atoms with Gasteiger partial charge in [-0.3, -0.25) is 19.5 Å². The molecule has 0 bridgehead atoms. The molecular formula is C17H15N3O3S2. The number of pyridine rings is 1. The molecule has 0 radical (unpaired) electrons. The summed E-state index contributed by atoms with van der Waals surface area (Å²) in [7, 11) is 0. The van der Waals surface area contributed by atoms with Gasteiger partial charge in [-0.2, -0.15) is 0 Å². The van der Waals surface area contributed by atoms with Gasteiger partial charge in [0.2, 0.25) is 0 Å². The third kappa shape index (κ3) is 3.35. The highest BCUT2D eigenvalue weighted by Crippen LogP contribution is 2.33. The fraction of sp³-hybridized carbons (Fsp3) is 0.176. The van der Waals surface area contributed by atoms with E-state index in [1.165, 1.54) is 0 Å². The van der Waals surface area contributed by atoms with Gasteiger partial charge in [-0.1, -0.05) is 24.0 Å². The normalized spacial score (nSPS) is 16.1. The van der Waals surface area contributed by atoms with Gasteiger partial charge in [0.15, 0.2) is 0 Å². The van der Waals surface area contributed by atoms with Gasteiger partial charge in [-0.05, 0) is 43.7 Å². The Kier molecular flexibility index (Phi) is 4.73. The smallest absolute Gasteiger partial charge is 0.323 e. The molecule has 1 fully saturated rings.